The Balaban J connectivity index is 1.44. The van der Waals surface area contributed by atoms with Crippen molar-refractivity contribution in [1.29, 1.82) is 0 Å². The molecule has 2 fully saturated rings. The molecule has 1 heteroatoms. The molecule has 0 heterocycles. The van der Waals surface area contributed by atoms with Gasteiger partial charge in [0.2, 0.25) is 0 Å². The van der Waals surface area contributed by atoms with Crippen molar-refractivity contribution in [2.45, 2.75) is 70.3 Å². The molecule has 0 spiro atoms. The van der Waals surface area contributed by atoms with E-state index in [1.165, 1.54) is 49.7 Å². The molecule has 0 aromatic heterocycles. The van der Waals surface area contributed by atoms with E-state index in [-0.39, 0.29) is 0 Å². The maximum atomic E-state index is 6.55. The van der Waals surface area contributed by atoms with Gasteiger partial charge in [-0.15, -0.1) is 0 Å². The second-order valence-electron chi connectivity index (χ2n) is 9.73. The van der Waals surface area contributed by atoms with Crippen LogP contribution in [0.1, 0.15) is 80.0 Å². The Kier molecular flexibility index (Phi) is 4.20. The van der Waals surface area contributed by atoms with E-state index >= 15 is 0 Å². The number of hydrogen-bond acceptors (Lipinski definition) is 1. The van der Waals surface area contributed by atoms with E-state index in [9.17, 15) is 0 Å². The first kappa shape index (κ1) is 17.5. The minimum absolute atomic E-state index is 0.403. The van der Waals surface area contributed by atoms with Crippen LogP contribution in [0, 0.1) is 17.3 Å². The molecule has 0 bridgehead atoms. The summed E-state index contributed by atoms with van der Waals surface area (Å²) >= 11 is 0. The number of nitrogens with two attached hydrogens (primary N) is 1. The Bertz CT molecular complexity index is 825. The highest BCUT2D eigenvalue weighted by Gasteiger charge is 2.53. The SMILES string of the molecule is CC(c1ccccc1)c1ccc2c(c1)CC[C@@H]1[C@@H]2CC[C@]2(C)C(N)CC[C@@H]12. The summed E-state index contributed by atoms with van der Waals surface area (Å²) < 4.78 is 0. The molecule has 2 N–H and O–H groups in total. The second-order valence-corrected chi connectivity index (χ2v) is 9.73. The van der Waals surface area contributed by atoms with Gasteiger partial charge in [-0.05, 0) is 83.9 Å². The van der Waals surface area contributed by atoms with Gasteiger partial charge in [-0.3, -0.25) is 0 Å². The lowest BCUT2D eigenvalue weighted by molar-refractivity contribution is 0.0496. The summed E-state index contributed by atoms with van der Waals surface area (Å²) in [5.74, 6) is 2.96. The third kappa shape index (κ3) is 2.70. The molecule has 0 radical (unpaired) electrons. The fourth-order valence-electron chi connectivity index (χ4n) is 6.85. The van der Waals surface area contributed by atoms with Gasteiger partial charge in [-0.2, -0.15) is 0 Å². The highest BCUT2D eigenvalue weighted by Crippen LogP contribution is 2.60. The largest absolute Gasteiger partial charge is 0.327 e. The van der Waals surface area contributed by atoms with Crippen LogP contribution in [0.5, 0.6) is 0 Å². The third-order valence-corrected chi connectivity index (χ3v) is 8.62. The predicted molar refractivity (Wildman–Crippen MR) is 113 cm³/mol. The van der Waals surface area contributed by atoms with Crippen LogP contribution >= 0.6 is 0 Å². The molecule has 6 atom stereocenters. The van der Waals surface area contributed by atoms with Crippen LogP contribution in [-0.2, 0) is 6.42 Å². The van der Waals surface area contributed by atoms with E-state index < -0.39 is 0 Å². The van der Waals surface area contributed by atoms with E-state index in [2.05, 4.69) is 62.4 Å². The standard InChI is InChI=1S/C26H33N/c1-17(18-6-4-3-5-7-18)19-8-10-21-20(16-19)9-11-23-22(21)14-15-26(2)24(23)12-13-25(26)27/h3-8,10,16-17,22-25H,9,11-15,27H2,1-2H3/t17?,22-,23-,24+,25?,26+/m1/s1. The molecule has 2 aromatic carbocycles. The molecular formula is C26H33N. The van der Waals surface area contributed by atoms with Crippen molar-refractivity contribution in [2.24, 2.45) is 23.0 Å². The molecule has 5 rings (SSSR count). The number of fused-ring (bicyclic) bond motifs is 5. The first-order valence-electron chi connectivity index (χ1n) is 11.0. The summed E-state index contributed by atoms with van der Waals surface area (Å²) in [5, 5.41) is 0. The Labute approximate surface area is 164 Å². The molecule has 2 aromatic rings. The average molecular weight is 360 g/mol. The van der Waals surface area contributed by atoms with Crippen LogP contribution < -0.4 is 5.73 Å². The first-order chi connectivity index (χ1) is 13.1. The van der Waals surface area contributed by atoms with Gasteiger partial charge in [0.05, 0.1) is 0 Å². The van der Waals surface area contributed by atoms with Crippen LogP contribution in [0.3, 0.4) is 0 Å². The summed E-state index contributed by atoms with van der Waals surface area (Å²) in [4.78, 5) is 0. The normalized spacial score (nSPS) is 35.8. The highest BCUT2D eigenvalue weighted by atomic mass is 14.7. The van der Waals surface area contributed by atoms with Gasteiger partial charge in [-0.25, -0.2) is 0 Å². The first-order valence-corrected chi connectivity index (χ1v) is 11.0. The smallest absolute Gasteiger partial charge is 0.00957 e. The van der Waals surface area contributed by atoms with Crippen molar-refractivity contribution in [3.8, 4) is 0 Å². The van der Waals surface area contributed by atoms with Gasteiger partial charge in [-0.1, -0.05) is 62.4 Å². The monoisotopic (exact) mass is 359 g/mol. The van der Waals surface area contributed by atoms with E-state index in [1.807, 2.05) is 0 Å². The Morgan fingerprint density at radius 1 is 0.963 bits per heavy atom. The Morgan fingerprint density at radius 3 is 2.59 bits per heavy atom. The molecule has 2 saturated carbocycles. The molecule has 0 aliphatic heterocycles. The fourth-order valence-corrected chi connectivity index (χ4v) is 6.85. The maximum Gasteiger partial charge on any atom is 0.00957 e. The summed E-state index contributed by atoms with van der Waals surface area (Å²) in [7, 11) is 0. The topological polar surface area (TPSA) is 26.0 Å². The molecule has 0 saturated heterocycles. The van der Waals surface area contributed by atoms with Crippen molar-refractivity contribution < 1.29 is 0 Å². The van der Waals surface area contributed by atoms with Crippen LogP contribution in [0.2, 0.25) is 0 Å². The van der Waals surface area contributed by atoms with Crippen LogP contribution in [0.15, 0.2) is 48.5 Å². The molecule has 3 aliphatic carbocycles. The lowest BCUT2D eigenvalue weighted by Crippen LogP contribution is -2.46. The molecule has 3 aliphatic rings. The number of hydrogen-bond donors (Lipinski definition) is 1. The quantitative estimate of drug-likeness (QED) is 0.697. The minimum atomic E-state index is 0.403. The third-order valence-electron chi connectivity index (χ3n) is 8.62. The van der Waals surface area contributed by atoms with Gasteiger partial charge < -0.3 is 5.73 Å². The van der Waals surface area contributed by atoms with E-state index in [0.29, 0.717) is 17.4 Å². The number of rotatable bonds is 2. The van der Waals surface area contributed by atoms with Gasteiger partial charge in [0.15, 0.2) is 0 Å². The summed E-state index contributed by atoms with van der Waals surface area (Å²) in [5.41, 5.74) is 13.1. The summed E-state index contributed by atoms with van der Waals surface area (Å²) in [6, 6.07) is 18.8. The van der Waals surface area contributed by atoms with Gasteiger partial charge in [0.25, 0.3) is 0 Å². The number of benzene rings is 2. The van der Waals surface area contributed by atoms with Crippen LogP contribution in [0.4, 0.5) is 0 Å². The number of aryl methyl sites for hydroxylation is 1. The minimum Gasteiger partial charge on any atom is -0.327 e. The molecule has 2 unspecified atom stereocenters. The molecule has 1 nitrogen and oxygen atoms in total. The zero-order valence-electron chi connectivity index (χ0n) is 16.8. The summed E-state index contributed by atoms with van der Waals surface area (Å²) in [6.45, 7) is 4.83. The lowest BCUT2D eigenvalue weighted by atomic mass is 9.55. The average Bonchev–Trinajstić information content (AvgIpc) is 3.02. The van der Waals surface area contributed by atoms with Crippen LogP contribution in [-0.4, -0.2) is 6.04 Å². The zero-order chi connectivity index (χ0) is 18.6. The lowest BCUT2D eigenvalue weighted by Gasteiger charge is -2.50. The van der Waals surface area contributed by atoms with E-state index in [1.54, 1.807) is 11.1 Å². The van der Waals surface area contributed by atoms with Crippen molar-refractivity contribution in [2.75, 3.05) is 0 Å². The molecule has 27 heavy (non-hydrogen) atoms. The maximum absolute atomic E-state index is 6.55. The van der Waals surface area contributed by atoms with Crippen LogP contribution in [0.25, 0.3) is 0 Å². The molecule has 0 amide bonds. The van der Waals surface area contributed by atoms with Crippen molar-refractivity contribution >= 4 is 0 Å². The van der Waals surface area contributed by atoms with Gasteiger partial charge >= 0.3 is 0 Å². The van der Waals surface area contributed by atoms with Crippen molar-refractivity contribution in [3.63, 3.8) is 0 Å². The van der Waals surface area contributed by atoms with Gasteiger partial charge in [0, 0.05) is 12.0 Å². The second kappa shape index (κ2) is 6.48. The molecular weight excluding hydrogens is 326 g/mol. The Morgan fingerprint density at radius 2 is 1.78 bits per heavy atom. The summed E-state index contributed by atoms with van der Waals surface area (Å²) in [6.07, 6.45) is 7.89. The highest BCUT2D eigenvalue weighted by molar-refractivity contribution is 5.42. The van der Waals surface area contributed by atoms with Gasteiger partial charge in [0.1, 0.15) is 0 Å². The van der Waals surface area contributed by atoms with E-state index in [0.717, 1.165) is 17.8 Å². The van der Waals surface area contributed by atoms with E-state index in [4.69, 9.17) is 5.73 Å². The van der Waals surface area contributed by atoms with Crippen molar-refractivity contribution in [1.82, 2.24) is 0 Å². The zero-order valence-corrected chi connectivity index (χ0v) is 16.8. The molecule has 142 valence electrons. The van der Waals surface area contributed by atoms with Crippen molar-refractivity contribution in [3.05, 3.63) is 70.8 Å². The Hall–Kier alpha value is -1.60. The fraction of sp³-hybridized carbons (Fsp3) is 0.538. The predicted octanol–water partition coefficient (Wildman–Crippen LogP) is 6.02.